The van der Waals surface area contributed by atoms with Gasteiger partial charge in [0.25, 0.3) is 0 Å². The van der Waals surface area contributed by atoms with Crippen LogP contribution in [-0.4, -0.2) is 17.5 Å². The third kappa shape index (κ3) is 3.80. The molecule has 1 aromatic carbocycles. The third-order valence-corrected chi connectivity index (χ3v) is 3.30. The van der Waals surface area contributed by atoms with Crippen molar-refractivity contribution in [1.29, 1.82) is 0 Å². The first-order valence-electron chi connectivity index (χ1n) is 5.44. The van der Waals surface area contributed by atoms with Gasteiger partial charge in [0.15, 0.2) is 5.78 Å². The highest BCUT2D eigenvalue weighted by atomic mass is 35.5. The molecule has 0 saturated carbocycles. The molecule has 0 spiro atoms. The van der Waals surface area contributed by atoms with Gasteiger partial charge in [0.1, 0.15) is 0 Å². The Balaban J connectivity index is 2.67. The Morgan fingerprint density at radius 1 is 1.25 bits per heavy atom. The number of benzene rings is 1. The Morgan fingerprint density at radius 3 is 2.38 bits per heavy atom. The Bertz CT molecular complexity index is 332. The first kappa shape index (κ1) is 13.5. The van der Waals surface area contributed by atoms with Gasteiger partial charge >= 0.3 is 0 Å². The largest absolute Gasteiger partial charge is 0.294 e. The van der Waals surface area contributed by atoms with Gasteiger partial charge in [0.05, 0.1) is 0 Å². The van der Waals surface area contributed by atoms with Gasteiger partial charge < -0.3 is 0 Å². The standard InChI is InChI=1S/C13H16Cl2O/c1-10(9-15)11-4-6-12(7-5-11)13(16)3-2-8-14/h4-7,10H,2-3,8-9H2,1H3. The fourth-order valence-corrected chi connectivity index (χ4v) is 1.77. The fourth-order valence-electron chi connectivity index (χ4n) is 1.46. The molecule has 88 valence electrons. The van der Waals surface area contributed by atoms with Crippen LogP contribution in [0.4, 0.5) is 0 Å². The number of ketones is 1. The molecule has 0 saturated heterocycles. The van der Waals surface area contributed by atoms with E-state index in [4.69, 9.17) is 23.2 Å². The Labute approximate surface area is 107 Å². The predicted molar refractivity (Wildman–Crippen MR) is 69.9 cm³/mol. The molecule has 0 aromatic heterocycles. The Hall–Kier alpha value is -0.530. The summed E-state index contributed by atoms with van der Waals surface area (Å²) in [4.78, 5) is 11.7. The highest BCUT2D eigenvalue weighted by Gasteiger charge is 2.07. The van der Waals surface area contributed by atoms with Gasteiger partial charge in [-0.2, -0.15) is 0 Å². The summed E-state index contributed by atoms with van der Waals surface area (Å²) in [6, 6.07) is 7.69. The molecule has 0 aliphatic rings. The van der Waals surface area contributed by atoms with Crippen molar-refractivity contribution >= 4 is 29.0 Å². The highest BCUT2D eigenvalue weighted by Crippen LogP contribution is 2.17. The van der Waals surface area contributed by atoms with Gasteiger partial charge in [0, 0.05) is 23.7 Å². The first-order valence-corrected chi connectivity index (χ1v) is 6.51. The quantitative estimate of drug-likeness (QED) is 0.552. The Kier molecular flexibility index (Phi) is 5.86. The minimum Gasteiger partial charge on any atom is -0.294 e. The van der Waals surface area contributed by atoms with Crippen LogP contribution in [0.3, 0.4) is 0 Å². The molecule has 16 heavy (non-hydrogen) atoms. The Morgan fingerprint density at radius 2 is 1.88 bits per heavy atom. The molecular formula is C13H16Cl2O. The van der Waals surface area contributed by atoms with E-state index in [2.05, 4.69) is 6.92 Å². The summed E-state index contributed by atoms with van der Waals surface area (Å²) in [6.07, 6.45) is 1.26. The van der Waals surface area contributed by atoms with E-state index >= 15 is 0 Å². The summed E-state index contributed by atoms with van der Waals surface area (Å²) < 4.78 is 0. The van der Waals surface area contributed by atoms with Crippen molar-refractivity contribution in [1.82, 2.24) is 0 Å². The number of halogens is 2. The van der Waals surface area contributed by atoms with E-state index in [0.29, 0.717) is 24.1 Å². The maximum absolute atomic E-state index is 11.7. The lowest BCUT2D eigenvalue weighted by Crippen LogP contribution is -2.01. The maximum atomic E-state index is 11.7. The molecular weight excluding hydrogens is 243 g/mol. The monoisotopic (exact) mass is 258 g/mol. The molecule has 1 aromatic rings. The average molecular weight is 259 g/mol. The van der Waals surface area contributed by atoms with Crippen LogP contribution < -0.4 is 0 Å². The normalized spacial score (nSPS) is 12.4. The lowest BCUT2D eigenvalue weighted by Gasteiger charge is -2.08. The van der Waals surface area contributed by atoms with Crippen molar-refractivity contribution in [2.45, 2.75) is 25.7 Å². The number of carbonyl (C=O) groups excluding carboxylic acids is 1. The average Bonchev–Trinajstić information content (AvgIpc) is 2.35. The topological polar surface area (TPSA) is 17.1 Å². The molecule has 0 aliphatic carbocycles. The zero-order chi connectivity index (χ0) is 12.0. The second-order valence-electron chi connectivity index (χ2n) is 3.89. The number of hydrogen-bond donors (Lipinski definition) is 0. The van der Waals surface area contributed by atoms with Crippen LogP contribution in [0.5, 0.6) is 0 Å². The molecule has 1 nitrogen and oxygen atoms in total. The molecule has 1 atom stereocenters. The number of Topliss-reactive ketones (excluding diaryl/α,β-unsaturated/α-hetero) is 1. The van der Waals surface area contributed by atoms with E-state index in [1.807, 2.05) is 24.3 Å². The van der Waals surface area contributed by atoms with E-state index in [-0.39, 0.29) is 5.78 Å². The number of alkyl halides is 2. The van der Waals surface area contributed by atoms with Crippen molar-refractivity contribution in [3.05, 3.63) is 35.4 Å². The van der Waals surface area contributed by atoms with Crippen LogP contribution in [0.2, 0.25) is 0 Å². The van der Waals surface area contributed by atoms with Crippen molar-refractivity contribution in [2.24, 2.45) is 0 Å². The van der Waals surface area contributed by atoms with E-state index in [9.17, 15) is 4.79 Å². The summed E-state index contributed by atoms with van der Waals surface area (Å²) >= 11 is 11.3. The van der Waals surface area contributed by atoms with E-state index in [0.717, 1.165) is 12.0 Å². The van der Waals surface area contributed by atoms with Crippen LogP contribution in [0.25, 0.3) is 0 Å². The summed E-state index contributed by atoms with van der Waals surface area (Å²) in [5.41, 5.74) is 1.93. The van der Waals surface area contributed by atoms with Crippen molar-refractivity contribution in [3.63, 3.8) is 0 Å². The highest BCUT2D eigenvalue weighted by molar-refractivity contribution is 6.18. The third-order valence-electron chi connectivity index (χ3n) is 2.57. The summed E-state index contributed by atoms with van der Waals surface area (Å²) in [7, 11) is 0. The zero-order valence-electron chi connectivity index (χ0n) is 9.38. The maximum Gasteiger partial charge on any atom is 0.162 e. The van der Waals surface area contributed by atoms with Crippen molar-refractivity contribution < 1.29 is 4.79 Å². The molecule has 0 bridgehead atoms. The molecule has 0 aliphatic heterocycles. The molecule has 0 radical (unpaired) electrons. The number of hydrogen-bond acceptors (Lipinski definition) is 1. The van der Waals surface area contributed by atoms with Gasteiger partial charge in [-0.15, -0.1) is 23.2 Å². The van der Waals surface area contributed by atoms with Crippen LogP contribution in [0.15, 0.2) is 24.3 Å². The second-order valence-corrected chi connectivity index (χ2v) is 4.58. The lowest BCUT2D eigenvalue weighted by atomic mass is 9.99. The van der Waals surface area contributed by atoms with Crippen LogP contribution >= 0.6 is 23.2 Å². The minimum absolute atomic E-state index is 0.158. The first-order chi connectivity index (χ1) is 7.69. The van der Waals surface area contributed by atoms with Gasteiger partial charge in [-0.25, -0.2) is 0 Å². The van der Waals surface area contributed by atoms with Crippen LogP contribution in [0.1, 0.15) is 41.6 Å². The zero-order valence-corrected chi connectivity index (χ0v) is 10.9. The molecule has 1 rings (SSSR count). The fraction of sp³-hybridized carbons (Fsp3) is 0.462. The molecule has 0 heterocycles. The molecule has 0 amide bonds. The molecule has 1 unspecified atom stereocenters. The smallest absolute Gasteiger partial charge is 0.162 e. The number of carbonyl (C=O) groups is 1. The van der Waals surface area contributed by atoms with E-state index in [1.54, 1.807) is 0 Å². The number of rotatable bonds is 6. The molecule has 3 heteroatoms. The minimum atomic E-state index is 0.158. The summed E-state index contributed by atoms with van der Waals surface area (Å²) in [5, 5.41) is 0. The predicted octanol–water partition coefficient (Wildman–Crippen LogP) is 4.23. The van der Waals surface area contributed by atoms with Crippen LogP contribution in [-0.2, 0) is 0 Å². The van der Waals surface area contributed by atoms with E-state index in [1.165, 1.54) is 5.56 Å². The summed E-state index contributed by atoms with van der Waals surface area (Å²) in [5.74, 6) is 1.62. The van der Waals surface area contributed by atoms with Gasteiger partial charge in [-0.3, -0.25) is 4.79 Å². The lowest BCUT2D eigenvalue weighted by molar-refractivity contribution is 0.0982. The van der Waals surface area contributed by atoms with Crippen LogP contribution in [0, 0.1) is 0 Å². The van der Waals surface area contributed by atoms with Gasteiger partial charge in [-0.05, 0) is 17.9 Å². The van der Waals surface area contributed by atoms with Crippen molar-refractivity contribution in [2.75, 3.05) is 11.8 Å². The molecule has 0 N–H and O–H groups in total. The molecule has 0 fully saturated rings. The second kappa shape index (κ2) is 6.93. The van der Waals surface area contributed by atoms with E-state index < -0.39 is 0 Å². The van der Waals surface area contributed by atoms with Gasteiger partial charge in [-0.1, -0.05) is 31.2 Å². The SMILES string of the molecule is CC(CCl)c1ccc(C(=O)CCCCl)cc1. The summed E-state index contributed by atoms with van der Waals surface area (Å²) in [6.45, 7) is 2.07. The van der Waals surface area contributed by atoms with Crippen molar-refractivity contribution in [3.8, 4) is 0 Å². The van der Waals surface area contributed by atoms with Gasteiger partial charge in [0.2, 0.25) is 0 Å².